The average molecular weight is 207 g/mol. The maximum atomic E-state index is 10.4. The topological polar surface area (TPSA) is 83.5 Å². The molecule has 0 aliphatic rings. The van der Waals surface area contributed by atoms with Gasteiger partial charge in [0.1, 0.15) is 0 Å². The summed E-state index contributed by atoms with van der Waals surface area (Å²) in [6, 6.07) is 0. The molecule has 2 N–H and O–H groups in total. The summed E-state index contributed by atoms with van der Waals surface area (Å²) in [5.74, 6) is -1.55. The van der Waals surface area contributed by atoms with Crippen molar-refractivity contribution < 1.29 is 70.6 Å². The molecule has 62 valence electrons. The van der Waals surface area contributed by atoms with Crippen LogP contribution in [-0.2, 0) is 14.9 Å². The van der Waals surface area contributed by atoms with E-state index in [1.807, 2.05) is 0 Å². The Balaban J connectivity index is -0.000000405. The van der Waals surface area contributed by atoms with Crippen LogP contribution in [0, 0.1) is 0 Å². The second kappa shape index (κ2) is 6.52. The van der Waals surface area contributed by atoms with Crippen molar-refractivity contribution in [1.82, 2.24) is 5.32 Å². The third-order valence-electron chi connectivity index (χ3n) is 0.687. The van der Waals surface area contributed by atoms with Crippen LogP contribution < -0.4 is 56.7 Å². The Bertz CT molecular complexity index is 217. The molecule has 0 aliphatic carbocycles. The standard InChI is InChI=1S/C4H9NO4S.K.H/c1-2-5-4(6)3-10(7,8)9;;/h2-3H2,1H3,(H,5,6)(H,7,8,9);;/q;+1;-1. The smallest absolute Gasteiger partial charge is 1.00 e. The van der Waals surface area contributed by atoms with Crippen LogP contribution in [0.5, 0.6) is 0 Å². The van der Waals surface area contributed by atoms with E-state index in [1.165, 1.54) is 0 Å². The third-order valence-corrected chi connectivity index (χ3v) is 1.31. The summed E-state index contributed by atoms with van der Waals surface area (Å²) in [5.41, 5.74) is 0. The van der Waals surface area contributed by atoms with Crippen molar-refractivity contribution in [3.05, 3.63) is 0 Å². The van der Waals surface area contributed by atoms with Gasteiger partial charge in [0.2, 0.25) is 5.91 Å². The zero-order valence-corrected chi connectivity index (χ0v) is 10.4. The summed E-state index contributed by atoms with van der Waals surface area (Å²) in [5, 5.41) is 2.22. The molecule has 0 saturated heterocycles. The van der Waals surface area contributed by atoms with Crippen LogP contribution >= 0.6 is 0 Å². The van der Waals surface area contributed by atoms with E-state index >= 15 is 0 Å². The Morgan fingerprint density at radius 3 is 2.36 bits per heavy atom. The molecule has 0 aliphatic heterocycles. The van der Waals surface area contributed by atoms with E-state index < -0.39 is 21.8 Å². The predicted octanol–water partition coefficient (Wildman–Crippen LogP) is -3.87. The van der Waals surface area contributed by atoms with E-state index in [4.69, 9.17) is 4.55 Å². The van der Waals surface area contributed by atoms with Gasteiger partial charge in [-0.1, -0.05) is 0 Å². The van der Waals surface area contributed by atoms with Gasteiger partial charge in [0.25, 0.3) is 10.1 Å². The van der Waals surface area contributed by atoms with Gasteiger partial charge in [-0.15, -0.1) is 0 Å². The first-order chi connectivity index (χ1) is 4.45. The summed E-state index contributed by atoms with van der Waals surface area (Å²) >= 11 is 0. The zero-order valence-electron chi connectivity index (χ0n) is 7.49. The first-order valence-electron chi connectivity index (χ1n) is 2.67. The minimum absolute atomic E-state index is 0. The fourth-order valence-electron chi connectivity index (χ4n) is 0.414. The van der Waals surface area contributed by atoms with Crippen LogP contribution in [0.2, 0.25) is 0 Å². The number of hydrogen-bond acceptors (Lipinski definition) is 3. The number of rotatable bonds is 3. The third kappa shape index (κ3) is 11.0. The van der Waals surface area contributed by atoms with Crippen LogP contribution in [0.25, 0.3) is 0 Å². The molecule has 0 rings (SSSR count). The summed E-state index contributed by atoms with van der Waals surface area (Å²) in [4.78, 5) is 10.4. The maximum absolute atomic E-state index is 10.4. The Labute approximate surface area is 110 Å². The molecule has 0 unspecified atom stereocenters. The van der Waals surface area contributed by atoms with E-state index in [2.05, 4.69) is 5.32 Å². The van der Waals surface area contributed by atoms with Crippen molar-refractivity contribution in [3.63, 3.8) is 0 Å². The van der Waals surface area contributed by atoms with Crippen LogP contribution in [0.15, 0.2) is 0 Å². The van der Waals surface area contributed by atoms with Crippen molar-refractivity contribution >= 4 is 16.0 Å². The SMILES string of the molecule is CCNC(=O)CS(=O)(=O)O.[H-].[K+]. The second-order valence-corrected chi connectivity index (χ2v) is 3.13. The molecule has 0 aromatic rings. The number of hydrogen-bond donors (Lipinski definition) is 2. The molecule has 0 radical (unpaired) electrons. The van der Waals surface area contributed by atoms with Gasteiger partial charge in [-0.05, 0) is 6.92 Å². The van der Waals surface area contributed by atoms with Gasteiger partial charge in [-0.2, -0.15) is 8.42 Å². The molecule has 7 heteroatoms. The fourth-order valence-corrected chi connectivity index (χ4v) is 0.847. The Morgan fingerprint density at radius 2 is 2.09 bits per heavy atom. The van der Waals surface area contributed by atoms with Gasteiger partial charge in [-0.25, -0.2) is 0 Å². The molecule has 0 bridgehead atoms. The molecular formula is C4H10KNO4S. The number of nitrogens with one attached hydrogen (secondary N) is 1. The Hall–Kier alpha value is 1.02. The minimum Gasteiger partial charge on any atom is -1.00 e. The predicted molar refractivity (Wildman–Crippen MR) is 36.2 cm³/mol. The molecule has 0 aromatic carbocycles. The first kappa shape index (κ1) is 14.5. The Morgan fingerprint density at radius 1 is 1.64 bits per heavy atom. The maximum Gasteiger partial charge on any atom is 1.00 e. The number of carbonyl (C=O) groups excluding carboxylic acids is 1. The van der Waals surface area contributed by atoms with Gasteiger partial charge in [-0.3, -0.25) is 9.35 Å². The minimum atomic E-state index is -4.16. The van der Waals surface area contributed by atoms with Gasteiger partial charge in [0.15, 0.2) is 5.75 Å². The van der Waals surface area contributed by atoms with E-state index in [9.17, 15) is 13.2 Å². The Kier molecular flexibility index (Phi) is 8.62. The van der Waals surface area contributed by atoms with Gasteiger partial charge in [0.05, 0.1) is 0 Å². The average Bonchev–Trinajstić information content (AvgIpc) is 1.59. The molecule has 0 aromatic heterocycles. The van der Waals surface area contributed by atoms with E-state index in [0.29, 0.717) is 6.54 Å². The normalized spacial score (nSPS) is 10.0. The number of carbonyl (C=O) groups is 1. The molecule has 1 amide bonds. The monoisotopic (exact) mass is 207 g/mol. The van der Waals surface area contributed by atoms with E-state index in [1.54, 1.807) is 6.92 Å². The van der Waals surface area contributed by atoms with Crippen molar-refractivity contribution in [3.8, 4) is 0 Å². The molecule has 11 heavy (non-hydrogen) atoms. The molecule has 5 nitrogen and oxygen atoms in total. The summed E-state index contributed by atoms with van der Waals surface area (Å²) in [6.07, 6.45) is 0. The van der Waals surface area contributed by atoms with Gasteiger partial charge < -0.3 is 6.74 Å². The molecule has 0 spiro atoms. The fraction of sp³-hybridized carbons (Fsp3) is 0.750. The van der Waals surface area contributed by atoms with Gasteiger partial charge in [0, 0.05) is 6.54 Å². The first-order valence-corrected chi connectivity index (χ1v) is 4.28. The second-order valence-electron chi connectivity index (χ2n) is 1.68. The largest absolute Gasteiger partial charge is 1.00 e. The van der Waals surface area contributed by atoms with E-state index in [-0.39, 0.29) is 52.8 Å². The van der Waals surface area contributed by atoms with Gasteiger partial charge >= 0.3 is 51.4 Å². The quantitative estimate of drug-likeness (QED) is 0.366. The van der Waals surface area contributed by atoms with Crippen molar-refractivity contribution in [2.75, 3.05) is 12.3 Å². The van der Waals surface area contributed by atoms with E-state index in [0.717, 1.165) is 0 Å². The van der Waals surface area contributed by atoms with Crippen molar-refractivity contribution in [2.24, 2.45) is 0 Å². The van der Waals surface area contributed by atoms with Crippen molar-refractivity contribution in [2.45, 2.75) is 6.92 Å². The van der Waals surface area contributed by atoms with Crippen molar-refractivity contribution in [1.29, 1.82) is 0 Å². The molecule has 0 atom stereocenters. The molecule has 0 heterocycles. The summed E-state index contributed by atoms with van der Waals surface area (Å²) < 4.78 is 28.1. The van der Waals surface area contributed by atoms with Crippen LogP contribution in [0.3, 0.4) is 0 Å². The van der Waals surface area contributed by atoms with Crippen LogP contribution in [-0.4, -0.2) is 31.2 Å². The van der Waals surface area contributed by atoms with Crippen LogP contribution in [0.1, 0.15) is 8.35 Å². The molecular weight excluding hydrogens is 197 g/mol. The van der Waals surface area contributed by atoms with Crippen LogP contribution in [0.4, 0.5) is 0 Å². The molecule has 0 fully saturated rings. The zero-order chi connectivity index (χ0) is 8.20. The summed E-state index contributed by atoms with van der Waals surface area (Å²) in [6.45, 7) is 2.01. The number of amides is 1. The summed E-state index contributed by atoms with van der Waals surface area (Å²) in [7, 11) is -4.16. The molecule has 0 saturated carbocycles.